The van der Waals surface area contributed by atoms with Gasteiger partial charge in [0, 0.05) is 12.5 Å². The van der Waals surface area contributed by atoms with Crippen LogP contribution in [-0.2, 0) is 0 Å². The van der Waals surface area contributed by atoms with E-state index in [-0.39, 0.29) is 0 Å². The first-order valence-corrected chi connectivity index (χ1v) is 5.95. The maximum Gasteiger partial charge on any atom is 0.248 e. The number of aryl methyl sites for hydroxylation is 2. The number of hydrogen-bond donors (Lipinski definition) is 1. The van der Waals surface area contributed by atoms with Crippen molar-refractivity contribution in [3.05, 3.63) is 23.6 Å². The van der Waals surface area contributed by atoms with Gasteiger partial charge in [0.1, 0.15) is 5.75 Å². The molecule has 0 spiro atoms. The molecule has 18 heavy (non-hydrogen) atoms. The zero-order valence-electron chi connectivity index (χ0n) is 10.9. The number of benzene rings is 1. The Hall–Kier alpha value is -2.04. The molecule has 2 aromatic rings. The number of ether oxygens (including phenoxy) is 1. The first-order valence-electron chi connectivity index (χ1n) is 5.95. The van der Waals surface area contributed by atoms with E-state index in [2.05, 4.69) is 17.1 Å². The third-order valence-electron chi connectivity index (χ3n) is 2.57. The van der Waals surface area contributed by atoms with Crippen molar-refractivity contribution in [2.24, 2.45) is 0 Å². The van der Waals surface area contributed by atoms with Crippen LogP contribution in [0.25, 0.3) is 11.5 Å². The monoisotopic (exact) mass is 247 g/mol. The van der Waals surface area contributed by atoms with Crippen LogP contribution in [0.3, 0.4) is 0 Å². The average molecular weight is 247 g/mol. The molecule has 0 aliphatic carbocycles. The molecule has 0 aliphatic heterocycles. The van der Waals surface area contributed by atoms with Gasteiger partial charge >= 0.3 is 0 Å². The smallest absolute Gasteiger partial charge is 0.248 e. The molecule has 0 unspecified atom stereocenters. The van der Waals surface area contributed by atoms with Crippen LogP contribution >= 0.6 is 0 Å². The second kappa shape index (κ2) is 5.08. The van der Waals surface area contributed by atoms with E-state index in [4.69, 9.17) is 14.9 Å². The standard InChI is InChI=1S/C13H17N3O2/c1-4-5-17-12-6-8(2)10(7-11(12)14)13-16-15-9(3)18-13/h6-7H,4-5,14H2,1-3H3. The van der Waals surface area contributed by atoms with Crippen LogP contribution < -0.4 is 10.5 Å². The largest absolute Gasteiger partial charge is 0.491 e. The van der Waals surface area contributed by atoms with E-state index in [0.717, 1.165) is 17.5 Å². The van der Waals surface area contributed by atoms with Crippen molar-refractivity contribution in [1.29, 1.82) is 0 Å². The van der Waals surface area contributed by atoms with Gasteiger partial charge in [-0.3, -0.25) is 0 Å². The zero-order valence-corrected chi connectivity index (χ0v) is 10.9. The van der Waals surface area contributed by atoms with E-state index < -0.39 is 0 Å². The van der Waals surface area contributed by atoms with Crippen molar-refractivity contribution in [1.82, 2.24) is 10.2 Å². The number of nitrogens with zero attached hydrogens (tertiary/aromatic N) is 2. The fourth-order valence-electron chi connectivity index (χ4n) is 1.67. The Labute approximate surface area is 106 Å². The zero-order chi connectivity index (χ0) is 13.1. The SMILES string of the molecule is CCCOc1cc(C)c(-c2nnc(C)o2)cc1N. The summed E-state index contributed by atoms with van der Waals surface area (Å²) < 4.78 is 11.0. The third kappa shape index (κ3) is 2.45. The van der Waals surface area contributed by atoms with Crippen molar-refractivity contribution in [2.45, 2.75) is 27.2 Å². The molecule has 0 saturated heterocycles. The summed E-state index contributed by atoms with van der Waals surface area (Å²) in [4.78, 5) is 0. The van der Waals surface area contributed by atoms with Crippen LogP contribution in [0.2, 0.25) is 0 Å². The lowest BCUT2D eigenvalue weighted by Crippen LogP contribution is -2.00. The average Bonchev–Trinajstić information content (AvgIpc) is 2.76. The highest BCUT2D eigenvalue weighted by Gasteiger charge is 2.12. The quantitative estimate of drug-likeness (QED) is 0.841. The van der Waals surface area contributed by atoms with Gasteiger partial charge in [0.2, 0.25) is 11.8 Å². The Kier molecular flexibility index (Phi) is 3.50. The van der Waals surface area contributed by atoms with Gasteiger partial charge in [0.05, 0.1) is 12.3 Å². The minimum atomic E-state index is 0.485. The van der Waals surface area contributed by atoms with Gasteiger partial charge in [-0.2, -0.15) is 0 Å². The van der Waals surface area contributed by atoms with Gasteiger partial charge < -0.3 is 14.9 Å². The Morgan fingerprint density at radius 3 is 2.67 bits per heavy atom. The summed E-state index contributed by atoms with van der Waals surface area (Å²) in [6.45, 7) is 6.43. The molecule has 0 fully saturated rings. The van der Waals surface area contributed by atoms with Gasteiger partial charge in [-0.15, -0.1) is 10.2 Å². The first kappa shape index (κ1) is 12.4. The van der Waals surface area contributed by atoms with Gasteiger partial charge in [-0.1, -0.05) is 6.92 Å². The Morgan fingerprint density at radius 2 is 2.06 bits per heavy atom. The molecular formula is C13H17N3O2. The highest BCUT2D eigenvalue weighted by Crippen LogP contribution is 2.31. The minimum absolute atomic E-state index is 0.485. The third-order valence-corrected chi connectivity index (χ3v) is 2.57. The van der Waals surface area contributed by atoms with Gasteiger partial charge in [-0.25, -0.2) is 0 Å². The normalized spacial score (nSPS) is 10.6. The molecule has 2 N–H and O–H groups in total. The van der Waals surface area contributed by atoms with Gasteiger partial charge in [0.15, 0.2) is 0 Å². The van der Waals surface area contributed by atoms with Crippen molar-refractivity contribution < 1.29 is 9.15 Å². The molecule has 0 saturated carbocycles. The molecule has 0 amide bonds. The molecule has 5 nitrogen and oxygen atoms in total. The van der Waals surface area contributed by atoms with Gasteiger partial charge in [0.25, 0.3) is 0 Å². The van der Waals surface area contributed by atoms with Crippen LogP contribution in [0.1, 0.15) is 24.8 Å². The number of hydrogen-bond acceptors (Lipinski definition) is 5. The molecule has 96 valence electrons. The fourth-order valence-corrected chi connectivity index (χ4v) is 1.67. The topological polar surface area (TPSA) is 74.2 Å². The van der Waals surface area contributed by atoms with Gasteiger partial charge in [-0.05, 0) is 31.0 Å². The lowest BCUT2D eigenvalue weighted by atomic mass is 10.1. The second-order valence-electron chi connectivity index (χ2n) is 4.18. The van der Waals surface area contributed by atoms with Crippen LogP contribution in [-0.4, -0.2) is 16.8 Å². The van der Waals surface area contributed by atoms with Crippen LogP contribution in [0.4, 0.5) is 5.69 Å². The molecule has 0 aliphatic rings. The maximum atomic E-state index is 5.96. The van der Waals surface area contributed by atoms with E-state index in [1.165, 1.54) is 0 Å². The Bertz CT molecular complexity index is 549. The molecule has 0 atom stereocenters. The number of anilines is 1. The summed E-state index contributed by atoms with van der Waals surface area (Å²) in [6, 6.07) is 3.72. The number of nitrogen functional groups attached to an aromatic ring is 1. The predicted octanol–water partition coefficient (Wildman–Crippen LogP) is 2.72. The Balaban J connectivity index is 2.36. The number of aromatic nitrogens is 2. The molecule has 2 rings (SSSR count). The predicted molar refractivity (Wildman–Crippen MR) is 69.4 cm³/mol. The van der Waals surface area contributed by atoms with Crippen molar-refractivity contribution in [3.8, 4) is 17.2 Å². The summed E-state index contributed by atoms with van der Waals surface area (Å²) in [6.07, 6.45) is 0.948. The van der Waals surface area contributed by atoms with E-state index >= 15 is 0 Å². The lowest BCUT2D eigenvalue weighted by molar-refractivity contribution is 0.319. The first-order chi connectivity index (χ1) is 8.61. The minimum Gasteiger partial charge on any atom is -0.491 e. The van der Waals surface area contributed by atoms with Crippen molar-refractivity contribution in [2.75, 3.05) is 12.3 Å². The van der Waals surface area contributed by atoms with Crippen molar-refractivity contribution >= 4 is 5.69 Å². The second-order valence-corrected chi connectivity index (χ2v) is 4.18. The lowest BCUT2D eigenvalue weighted by Gasteiger charge is -2.10. The fraction of sp³-hybridized carbons (Fsp3) is 0.385. The number of nitrogens with two attached hydrogens (primary N) is 1. The molecule has 0 radical (unpaired) electrons. The molecule has 0 bridgehead atoms. The molecule has 5 heteroatoms. The molecule has 1 aromatic heterocycles. The summed E-state index contributed by atoms with van der Waals surface area (Å²) in [5.74, 6) is 1.72. The highest BCUT2D eigenvalue weighted by atomic mass is 16.5. The molecule has 1 heterocycles. The van der Waals surface area contributed by atoms with Crippen molar-refractivity contribution in [3.63, 3.8) is 0 Å². The van der Waals surface area contributed by atoms with Crippen LogP contribution in [0.5, 0.6) is 5.75 Å². The molecular weight excluding hydrogens is 230 g/mol. The highest BCUT2D eigenvalue weighted by molar-refractivity contribution is 5.69. The summed E-state index contributed by atoms with van der Waals surface area (Å²) in [5, 5.41) is 7.81. The van der Waals surface area contributed by atoms with E-state index in [0.29, 0.717) is 29.8 Å². The van der Waals surface area contributed by atoms with E-state index in [1.807, 2.05) is 19.1 Å². The molecule has 1 aromatic carbocycles. The maximum absolute atomic E-state index is 5.96. The number of rotatable bonds is 4. The Morgan fingerprint density at radius 1 is 1.28 bits per heavy atom. The van der Waals surface area contributed by atoms with E-state index in [9.17, 15) is 0 Å². The van der Waals surface area contributed by atoms with Crippen LogP contribution in [0, 0.1) is 13.8 Å². The summed E-state index contributed by atoms with van der Waals surface area (Å²) in [7, 11) is 0. The van der Waals surface area contributed by atoms with E-state index in [1.54, 1.807) is 6.92 Å². The summed E-state index contributed by atoms with van der Waals surface area (Å²) >= 11 is 0. The van der Waals surface area contributed by atoms with Crippen LogP contribution in [0.15, 0.2) is 16.5 Å². The summed E-state index contributed by atoms with van der Waals surface area (Å²) in [5.41, 5.74) is 8.39.